The third-order valence-corrected chi connectivity index (χ3v) is 6.56. The quantitative estimate of drug-likeness (QED) is 0.280. The summed E-state index contributed by atoms with van der Waals surface area (Å²) in [7, 11) is 0. The third-order valence-electron chi connectivity index (χ3n) is 6.56. The Bertz CT molecular complexity index is 1110. The first-order chi connectivity index (χ1) is 18.4. The van der Waals surface area contributed by atoms with Crippen LogP contribution in [0.4, 0.5) is 22.7 Å². The van der Waals surface area contributed by atoms with Gasteiger partial charge in [-0.15, -0.1) is 0 Å². The van der Waals surface area contributed by atoms with Crippen molar-refractivity contribution in [2.24, 2.45) is 15.7 Å². The molecule has 0 unspecified atom stereocenters. The molecule has 0 radical (unpaired) electrons. The number of amidine groups is 2. The summed E-state index contributed by atoms with van der Waals surface area (Å²) in [5.74, 6) is -0.0450. The fraction of sp³-hybridized carbons (Fsp3) is 0.414. The summed E-state index contributed by atoms with van der Waals surface area (Å²) in [6.45, 7) is 16.6. The average Bonchev–Trinajstić information content (AvgIpc) is 2.93. The average molecular weight is 519 g/mol. The maximum absolute atomic E-state index is 12.3. The van der Waals surface area contributed by atoms with Crippen LogP contribution in [0.2, 0.25) is 0 Å². The van der Waals surface area contributed by atoms with Crippen LogP contribution in [-0.2, 0) is 4.79 Å². The van der Waals surface area contributed by atoms with E-state index in [2.05, 4.69) is 63.4 Å². The third kappa shape index (κ3) is 8.71. The van der Waals surface area contributed by atoms with Crippen LogP contribution in [0.5, 0.6) is 0 Å². The number of nitrogens with one attached hydrogen (secondary N) is 3. The number of carbonyl (C=O) groups is 1. The lowest BCUT2D eigenvalue weighted by Crippen LogP contribution is -2.30. The van der Waals surface area contributed by atoms with Crippen molar-refractivity contribution in [3.8, 4) is 0 Å². The molecule has 0 spiro atoms. The van der Waals surface area contributed by atoms with Crippen molar-refractivity contribution in [3.05, 3.63) is 60.3 Å². The molecule has 204 valence electrons. The molecule has 0 aromatic heterocycles. The second kappa shape index (κ2) is 14.9. The Kier molecular flexibility index (Phi) is 11.3. The van der Waals surface area contributed by atoms with E-state index in [1.807, 2.05) is 48.5 Å². The van der Waals surface area contributed by atoms with E-state index in [-0.39, 0.29) is 11.6 Å². The first-order valence-electron chi connectivity index (χ1n) is 13.5. The van der Waals surface area contributed by atoms with Crippen LogP contribution in [0.15, 0.2) is 70.3 Å². The van der Waals surface area contributed by atoms with E-state index in [4.69, 9.17) is 5.73 Å². The van der Waals surface area contributed by atoms with Crippen molar-refractivity contribution in [3.63, 3.8) is 0 Å². The SMILES string of the molecule is CCN(CC)CCNc1ccc(N=C2N=C(N)C(=O)C=C2Nc2ccc(NCCN(CC)CC)cc2)cc1. The molecular formula is C29H42N8O. The first kappa shape index (κ1) is 28.9. The number of hydrogen-bond donors (Lipinski definition) is 4. The molecule has 0 aliphatic carbocycles. The van der Waals surface area contributed by atoms with Crippen molar-refractivity contribution < 1.29 is 4.79 Å². The monoisotopic (exact) mass is 518 g/mol. The zero-order valence-electron chi connectivity index (χ0n) is 23.1. The lowest BCUT2D eigenvalue weighted by molar-refractivity contribution is -0.109. The van der Waals surface area contributed by atoms with E-state index in [1.165, 1.54) is 6.08 Å². The smallest absolute Gasteiger partial charge is 0.222 e. The molecule has 0 bridgehead atoms. The number of anilines is 3. The number of aliphatic imine (C=N–C) groups is 2. The Morgan fingerprint density at radius 2 is 1.24 bits per heavy atom. The zero-order chi connectivity index (χ0) is 27.3. The van der Waals surface area contributed by atoms with Gasteiger partial charge in [-0.2, -0.15) is 0 Å². The van der Waals surface area contributed by atoms with Crippen molar-refractivity contribution in [1.29, 1.82) is 0 Å². The minimum Gasteiger partial charge on any atom is -0.384 e. The highest BCUT2D eigenvalue weighted by Crippen LogP contribution is 2.21. The van der Waals surface area contributed by atoms with Gasteiger partial charge in [0.1, 0.15) is 0 Å². The molecule has 1 heterocycles. The Balaban J connectivity index is 1.64. The molecule has 1 aliphatic heterocycles. The molecule has 2 aromatic carbocycles. The Hall–Kier alpha value is -3.69. The normalized spacial score (nSPS) is 14.6. The molecule has 9 nitrogen and oxygen atoms in total. The summed E-state index contributed by atoms with van der Waals surface area (Å²) in [6.07, 6.45) is 1.44. The number of hydrogen-bond acceptors (Lipinski definition) is 8. The van der Waals surface area contributed by atoms with E-state index in [0.717, 1.165) is 75.1 Å². The molecular weight excluding hydrogens is 476 g/mol. The maximum Gasteiger partial charge on any atom is 0.222 e. The van der Waals surface area contributed by atoms with Gasteiger partial charge in [-0.25, -0.2) is 9.98 Å². The second-order valence-electron chi connectivity index (χ2n) is 9.01. The van der Waals surface area contributed by atoms with Crippen molar-refractivity contribution >= 4 is 40.2 Å². The van der Waals surface area contributed by atoms with Crippen LogP contribution in [-0.4, -0.2) is 79.6 Å². The van der Waals surface area contributed by atoms with Crippen molar-refractivity contribution in [2.75, 3.05) is 68.3 Å². The number of ketones is 1. The van der Waals surface area contributed by atoms with E-state index >= 15 is 0 Å². The number of benzene rings is 2. The van der Waals surface area contributed by atoms with Crippen molar-refractivity contribution in [2.45, 2.75) is 27.7 Å². The van der Waals surface area contributed by atoms with E-state index in [9.17, 15) is 4.79 Å². The predicted molar refractivity (Wildman–Crippen MR) is 161 cm³/mol. The minimum atomic E-state index is -0.339. The van der Waals surface area contributed by atoms with Gasteiger partial charge in [0.25, 0.3) is 0 Å². The lowest BCUT2D eigenvalue weighted by atomic mass is 10.2. The molecule has 1 aliphatic rings. The molecule has 3 rings (SSSR count). The standard InChI is InChI=1S/C29H42N8O/c1-5-36(6-2)19-17-31-22-9-13-24(14-10-22)33-26-21-27(38)28(30)35-29(26)34-25-15-11-23(12-16-25)32-18-20-37(7-3)8-4/h9-16,21,31-33H,5-8,17-20H2,1-4H3,(H2,30,34,35). The summed E-state index contributed by atoms with van der Waals surface area (Å²) < 4.78 is 0. The largest absolute Gasteiger partial charge is 0.384 e. The van der Waals surface area contributed by atoms with Gasteiger partial charge >= 0.3 is 0 Å². The molecule has 38 heavy (non-hydrogen) atoms. The highest BCUT2D eigenvalue weighted by atomic mass is 16.1. The fourth-order valence-electron chi connectivity index (χ4n) is 4.08. The van der Waals surface area contributed by atoms with Crippen LogP contribution < -0.4 is 21.7 Å². The summed E-state index contributed by atoms with van der Waals surface area (Å²) >= 11 is 0. The van der Waals surface area contributed by atoms with Crippen LogP contribution >= 0.6 is 0 Å². The van der Waals surface area contributed by atoms with Crippen LogP contribution in [0.25, 0.3) is 0 Å². The Morgan fingerprint density at radius 1 is 0.763 bits per heavy atom. The molecule has 5 N–H and O–H groups in total. The van der Waals surface area contributed by atoms with Gasteiger partial charge in [0.15, 0.2) is 11.7 Å². The zero-order valence-corrected chi connectivity index (χ0v) is 23.1. The maximum atomic E-state index is 12.3. The number of carbonyl (C=O) groups excluding carboxylic acids is 1. The number of nitrogens with zero attached hydrogens (tertiary/aromatic N) is 4. The van der Waals surface area contributed by atoms with Gasteiger partial charge in [-0.05, 0) is 74.7 Å². The van der Waals surface area contributed by atoms with E-state index in [0.29, 0.717) is 11.5 Å². The van der Waals surface area contributed by atoms with Gasteiger partial charge in [-0.3, -0.25) is 4.79 Å². The molecule has 0 saturated heterocycles. The topological polar surface area (TPSA) is 110 Å². The highest BCUT2D eigenvalue weighted by molar-refractivity contribution is 6.47. The number of likely N-dealkylation sites (N-methyl/N-ethyl adjacent to an activating group) is 2. The number of nitrogens with two attached hydrogens (primary N) is 1. The second-order valence-corrected chi connectivity index (χ2v) is 9.01. The van der Waals surface area contributed by atoms with Gasteiger partial charge in [0.2, 0.25) is 5.78 Å². The van der Waals surface area contributed by atoms with Gasteiger partial charge in [0, 0.05) is 49.3 Å². The van der Waals surface area contributed by atoms with E-state index < -0.39 is 0 Å². The molecule has 0 amide bonds. The Morgan fingerprint density at radius 3 is 1.74 bits per heavy atom. The predicted octanol–water partition coefficient (Wildman–Crippen LogP) is 4.16. The van der Waals surface area contributed by atoms with Gasteiger partial charge < -0.3 is 31.5 Å². The molecule has 2 aromatic rings. The highest BCUT2D eigenvalue weighted by Gasteiger charge is 2.19. The summed E-state index contributed by atoms with van der Waals surface area (Å²) in [4.78, 5) is 25.9. The van der Waals surface area contributed by atoms with Gasteiger partial charge in [-0.1, -0.05) is 27.7 Å². The molecule has 9 heteroatoms. The van der Waals surface area contributed by atoms with Crippen molar-refractivity contribution in [1.82, 2.24) is 9.80 Å². The van der Waals surface area contributed by atoms with Crippen LogP contribution in [0, 0.1) is 0 Å². The molecule has 0 saturated carbocycles. The van der Waals surface area contributed by atoms with Crippen LogP contribution in [0.1, 0.15) is 27.7 Å². The molecule has 0 fully saturated rings. The summed E-state index contributed by atoms with van der Waals surface area (Å²) in [5, 5.41) is 10.2. The Labute approximate surface area is 226 Å². The summed E-state index contributed by atoms with van der Waals surface area (Å²) in [5.41, 5.74) is 9.96. The summed E-state index contributed by atoms with van der Waals surface area (Å²) in [6, 6.07) is 15.8. The first-order valence-corrected chi connectivity index (χ1v) is 13.5. The fourth-order valence-corrected chi connectivity index (χ4v) is 4.08. The number of rotatable bonds is 15. The lowest BCUT2D eigenvalue weighted by Gasteiger charge is -2.19. The minimum absolute atomic E-state index is 0.0725. The van der Waals surface area contributed by atoms with Gasteiger partial charge in [0.05, 0.1) is 11.4 Å². The number of dihydropyridines is 1. The van der Waals surface area contributed by atoms with Crippen LogP contribution in [0.3, 0.4) is 0 Å². The molecule has 0 atom stereocenters. The van der Waals surface area contributed by atoms with E-state index in [1.54, 1.807) is 0 Å².